The third-order valence-corrected chi connectivity index (χ3v) is 2.65. The van der Waals surface area contributed by atoms with Crippen LogP contribution in [0.3, 0.4) is 0 Å². The van der Waals surface area contributed by atoms with Crippen molar-refractivity contribution < 1.29 is 14.7 Å². The number of hydrogen-bond acceptors (Lipinski definition) is 3. The summed E-state index contributed by atoms with van der Waals surface area (Å²) in [5.74, 6) is -0.0465. The third kappa shape index (κ3) is 3.58. The molecule has 1 heterocycles. The molecule has 1 aromatic rings. The van der Waals surface area contributed by atoms with Gasteiger partial charge in [0.15, 0.2) is 0 Å². The Kier molecular flexibility index (Phi) is 4.88. The number of carbonyl (C=O) groups is 2. The van der Waals surface area contributed by atoms with Crippen LogP contribution < -0.4 is 5.32 Å². The van der Waals surface area contributed by atoms with Gasteiger partial charge in [-0.3, -0.25) is 9.59 Å². The van der Waals surface area contributed by atoms with Crippen LogP contribution >= 0.6 is 0 Å². The molecule has 0 aromatic carbocycles. The predicted molar refractivity (Wildman–Crippen MR) is 66.3 cm³/mol. The normalized spacial score (nSPS) is 12.4. The highest BCUT2D eigenvalue weighted by Gasteiger charge is 2.18. The zero-order valence-electron chi connectivity index (χ0n) is 10.9. The molecule has 1 atom stereocenters. The van der Waals surface area contributed by atoms with Crippen LogP contribution in [0.5, 0.6) is 0 Å². The summed E-state index contributed by atoms with van der Waals surface area (Å²) in [6.07, 6.45) is 3.35. The largest absolute Gasteiger partial charge is 0.481 e. The molecule has 0 saturated heterocycles. The first-order chi connectivity index (χ1) is 8.43. The van der Waals surface area contributed by atoms with Gasteiger partial charge in [0.25, 0.3) is 0 Å². The molecule has 0 fully saturated rings. The van der Waals surface area contributed by atoms with Gasteiger partial charge in [0.2, 0.25) is 5.91 Å². The number of imidazole rings is 1. The van der Waals surface area contributed by atoms with Crippen molar-refractivity contribution in [1.82, 2.24) is 14.9 Å². The fourth-order valence-corrected chi connectivity index (χ4v) is 1.67. The zero-order valence-corrected chi connectivity index (χ0v) is 10.9. The van der Waals surface area contributed by atoms with E-state index in [1.165, 1.54) is 0 Å². The molecule has 100 valence electrons. The first-order valence-corrected chi connectivity index (χ1v) is 5.95. The molecule has 1 aromatic heterocycles. The Hall–Kier alpha value is -1.85. The second-order valence-electron chi connectivity index (χ2n) is 4.46. The highest BCUT2D eigenvalue weighted by molar-refractivity contribution is 5.80. The molecule has 0 aliphatic heterocycles. The summed E-state index contributed by atoms with van der Waals surface area (Å²) in [6.45, 7) is 5.93. The molecule has 0 saturated carbocycles. The molecule has 18 heavy (non-hydrogen) atoms. The molecule has 6 nitrogen and oxygen atoms in total. The molecule has 0 aliphatic rings. The Morgan fingerprint density at radius 1 is 1.44 bits per heavy atom. The lowest BCUT2D eigenvalue weighted by Gasteiger charge is -2.17. The Balaban J connectivity index is 2.63. The fourth-order valence-electron chi connectivity index (χ4n) is 1.67. The molecular formula is C12H19N3O3. The van der Waals surface area contributed by atoms with E-state index in [1.807, 2.05) is 13.8 Å². The van der Waals surface area contributed by atoms with E-state index in [-0.39, 0.29) is 24.8 Å². The molecule has 1 unspecified atom stereocenters. The van der Waals surface area contributed by atoms with Crippen LogP contribution in [-0.4, -0.2) is 33.1 Å². The Labute approximate surface area is 106 Å². The number of aliphatic carboxylic acids is 1. The van der Waals surface area contributed by atoms with Gasteiger partial charge < -0.3 is 15.0 Å². The van der Waals surface area contributed by atoms with Gasteiger partial charge in [-0.2, -0.15) is 0 Å². The van der Waals surface area contributed by atoms with Gasteiger partial charge in [-0.15, -0.1) is 0 Å². The minimum atomic E-state index is -0.923. The van der Waals surface area contributed by atoms with Crippen molar-refractivity contribution in [2.45, 2.75) is 39.2 Å². The Morgan fingerprint density at radius 2 is 2.11 bits per heavy atom. The smallest absolute Gasteiger partial charge is 0.305 e. The monoisotopic (exact) mass is 253 g/mol. The van der Waals surface area contributed by atoms with Gasteiger partial charge in [0.1, 0.15) is 11.9 Å². The number of carboxylic acid groups (broad SMARTS) is 1. The van der Waals surface area contributed by atoms with Crippen LogP contribution in [-0.2, 0) is 9.59 Å². The molecule has 0 radical (unpaired) electrons. The number of aromatic nitrogens is 2. The van der Waals surface area contributed by atoms with E-state index in [9.17, 15) is 9.59 Å². The SMILES string of the molecule is CC(C)c1nccn1C(C)C(=O)NCCC(=O)O. The van der Waals surface area contributed by atoms with Crippen molar-refractivity contribution >= 4 is 11.9 Å². The molecular weight excluding hydrogens is 234 g/mol. The van der Waals surface area contributed by atoms with Crippen LogP contribution in [0, 0.1) is 0 Å². The van der Waals surface area contributed by atoms with E-state index in [2.05, 4.69) is 10.3 Å². The Bertz CT molecular complexity index is 426. The standard InChI is InChI=1S/C12H19N3O3/c1-8(2)11-13-6-7-15(11)9(3)12(18)14-5-4-10(16)17/h6-9H,4-5H2,1-3H3,(H,14,18)(H,16,17). The first-order valence-electron chi connectivity index (χ1n) is 5.95. The lowest BCUT2D eigenvalue weighted by atomic mass is 10.2. The highest BCUT2D eigenvalue weighted by Crippen LogP contribution is 2.17. The average molecular weight is 253 g/mol. The number of hydrogen-bond donors (Lipinski definition) is 2. The van der Waals surface area contributed by atoms with E-state index < -0.39 is 12.0 Å². The lowest BCUT2D eigenvalue weighted by Crippen LogP contribution is -2.33. The predicted octanol–water partition coefficient (Wildman–Crippen LogP) is 1.16. The van der Waals surface area contributed by atoms with Crippen molar-refractivity contribution in [3.8, 4) is 0 Å². The summed E-state index contributed by atoms with van der Waals surface area (Å²) < 4.78 is 1.81. The number of nitrogens with one attached hydrogen (secondary N) is 1. The van der Waals surface area contributed by atoms with Crippen molar-refractivity contribution in [3.05, 3.63) is 18.2 Å². The minimum absolute atomic E-state index is 0.0700. The number of carboxylic acids is 1. The van der Waals surface area contributed by atoms with Gasteiger partial charge in [0.05, 0.1) is 6.42 Å². The maximum absolute atomic E-state index is 11.8. The first kappa shape index (κ1) is 14.2. The van der Waals surface area contributed by atoms with Crippen LogP contribution in [0.4, 0.5) is 0 Å². The topological polar surface area (TPSA) is 84.2 Å². The number of carbonyl (C=O) groups excluding carboxylic acids is 1. The number of amides is 1. The summed E-state index contributed by atoms with van der Waals surface area (Å²) in [4.78, 5) is 26.4. The van der Waals surface area contributed by atoms with Gasteiger partial charge in [-0.1, -0.05) is 13.8 Å². The number of rotatable bonds is 6. The molecule has 1 rings (SSSR count). The van der Waals surface area contributed by atoms with Gasteiger partial charge in [-0.25, -0.2) is 4.98 Å². The van der Waals surface area contributed by atoms with E-state index in [1.54, 1.807) is 23.9 Å². The molecule has 0 spiro atoms. The quantitative estimate of drug-likeness (QED) is 0.796. The summed E-state index contributed by atoms with van der Waals surface area (Å²) in [5.41, 5.74) is 0. The van der Waals surface area contributed by atoms with E-state index in [4.69, 9.17) is 5.11 Å². The second-order valence-corrected chi connectivity index (χ2v) is 4.46. The van der Waals surface area contributed by atoms with Crippen LogP contribution in [0.15, 0.2) is 12.4 Å². The third-order valence-electron chi connectivity index (χ3n) is 2.65. The summed E-state index contributed by atoms with van der Waals surface area (Å²) in [6, 6.07) is -0.390. The van der Waals surface area contributed by atoms with E-state index in [0.717, 1.165) is 5.82 Å². The minimum Gasteiger partial charge on any atom is -0.481 e. The molecule has 0 aliphatic carbocycles. The fraction of sp³-hybridized carbons (Fsp3) is 0.583. The lowest BCUT2D eigenvalue weighted by molar-refractivity contribution is -0.137. The molecule has 2 N–H and O–H groups in total. The zero-order chi connectivity index (χ0) is 13.7. The molecule has 0 bridgehead atoms. The summed E-state index contributed by atoms with van der Waals surface area (Å²) in [7, 11) is 0. The summed E-state index contributed by atoms with van der Waals surface area (Å²) in [5, 5.41) is 11.1. The average Bonchev–Trinajstić information content (AvgIpc) is 2.76. The van der Waals surface area contributed by atoms with E-state index >= 15 is 0 Å². The molecule has 6 heteroatoms. The van der Waals surface area contributed by atoms with Crippen molar-refractivity contribution in [2.75, 3.05) is 6.54 Å². The Morgan fingerprint density at radius 3 is 2.67 bits per heavy atom. The van der Waals surface area contributed by atoms with Crippen LogP contribution in [0.1, 0.15) is 45.0 Å². The summed E-state index contributed by atoms with van der Waals surface area (Å²) >= 11 is 0. The number of nitrogens with zero attached hydrogens (tertiary/aromatic N) is 2. The maximum Gasteiger partial charge on any atom is 0.305 e. The van der Waals surface area contributed by atoms with Crippen molar-refractivity contribution in [2.24, 2.45) is 0 Å². The van der Waals surface area contributed by atoms with Crippen molar-refractivity contribution in [1.29, 1.82) is 0 Å². The maximum atomic E-state index is 11.8. The molecule has 1 amide bonds. The van der Waals surface area contributed by atoms with Gasteiger partial charge in [-0.05, 0) is 6.92 Å². The van der Waals surface area contributed by atoms with Gasteiger partial charge >= 0.3 is 5.97 Å². The van der Waals surface area contributed by atoms with Crippen molar-refractivity contribution in [3.63, 3.8) is 0 Å². The van der Waals surface area contributed by atoms with Crippen LogP contribution in [0.2, 0.25) is 0 Å². The van der Waals surface area contributed by atoms with E-state index in [0.29, 0.717) is 0 Å². The van der Waals surface area contributed by atoms with Gasteiger partial charge in [0, 0.05) is 24.9 Å². The highest BCUT2D eigenvalue weighted by atomic mass is 16.4. The second kappa shape index (κ2) is 6.18. The van der Waals surface area contributed by atoms with Crippen LogP contribution in [0.25, 0.3) is 0 Å².